The van der Waals surface area contributed by atoms with E-state index in [4.69, 9.17) is 0 Å². The van der Waals surface area contributed by atoms with E-state index in [9.17, 15) is 0 Å². The van der Waals surface area contributed by atoms with Crippen LogP contribution in [-0.2, 0) is 7.05 Å². The number of nitrogens with one attached hydrogen (secondary N) is 1. The molecule has 0 saturated carbocycles. The van der Waals surface area contributed by atoms with E-state index in [1.807, 2.05) is 37.1 Å². The molecule has 2 aromatic rings. The smallest absolute Gasteiger partial charge is 0.207 e. The molecule has 2 heterocycles. The van der Waals surface area contributed by atoms with Crippen molar-refractivity contribution in [3.05, 3.63) is 24.3 Å². The molecule has 0 aliphatic rings. The molecule has 5 heteroatoms. The van der Waals surface area contributed by atoms with Crippen LogP contribution in [0.3, 0.4) is 0 Å². The topological polar surface area (TPSA) is 47.7 Å². The Hall–Kier alpha value is -1.78. The lowest BCUT2D eigenvalue weighted by Crippen LogP contribution is -2.11. The predicted octanol–water partition coefficient (Wildman–Crippen LogP) is 1.98. The van der Waals surface area contributed by atoms with Crippen LogP contribution in [0, 0.1) is 12.8 Å². The zero-order valence-electron chi connectivity index (χ0n) is 10.8. The quantitative estimate of drug-likeness (QED) is 0.878. The lowest BCUT2D eigenvalue weighted by Gasteiger charge is -2.09. The maximum atomic E-state index is 4.48. The number of aromatic nitrogens is 4. The van der Waals surface area contributed by atoms with Gasteiger partial charge in [-0.2, -0.15) is 5.10 Å². The van der Waals surface area contributed by atoms with Crippen molar-refractivity contribution in [2.45, 2.75) is 20.8 Å². The maximum absolute atomic E-state index is 4.48. The second-order valence-corrected chi connectivity index (χ2v) is 4.72. The van der Waals surface area contributed by atoms with Crippen LogP contribution in [0.4, 0.5) is 5.95 Å². The van der Waals surface area contributed by atoms with E-state index in [0.717, 1.165) is 23.9 Å². The molecule has 0 bridgehead atoms. The molecule has 17 heavy (non-hydrogen) atoms. The minimum atomic E-state index is 0.592. The molecule has 0 atom stereocenters. The first-order valence-corrected chi connectivity index (χ1v) is 5.85. The van der Waals surface area contributed by atoms with Gasteiger partial charge in [-0.15, -0.1) is 0 Å². The van der Waals surface area contributed by atoms with Gasteiger partial charge in [-0.25, -0.2) is 4.98 Å². The number of anilines is 1. The van der Waals surface area contributed by atoms with Crippen molar-refractivity contribution in [1.82, 2.24) is 19.3 Å². The summed E-state index contributed by atoms with van der Waals surface area (Å²) in [6.07, 6.45) is 5.82. The second-order valence-electron chi connectivity index (χ2n) is 4.72. The average Bonchev–Trinajstić information content (AvgIpc) is 2.81. The second kappa shape index (κ2) is 4.61. The first-order valence-electron chi connectivity index (χ1n) is 5.85. The zero-order chi connectivity index (χ0) is 12.4. The van der Waals surface area contributed by atoms with Crippen LogP contribution in [0.1, 0.15) is 19.5 Å². The van der Waals surface area contributed by atoms with Crippen LogP contribution in [0.2, 0.25) is 0 Å². The fourth-order valence-electron chi connectivity index (χ4n) is 1.65. The van der Waals surface area contributed by atoms with E-state index < -0.39 is 0 Å². The molecule has 0 aliphatic carbocycles. The fraction of sp³-hybridized carbons (Fsp3) is 0.500. The van der Waals surface area contributed by atoms with Gasteiger partial charge in [0.2, 0.25) is 5.95 Å². The highest BCUT2D eigenvalue weighted by atomic mass is 15.3. The van der Waals surface area contributed by atoms with Crippen LogP contribution >= 0.6 is 0 Å². The summed E-state index contributed by atoms with van der Waals surface area (Å²) in [5, 5.41) is 7.53. The third-order valence-corrected chi connectivity index (χ3v) is 2.46. The first kappa shape index (κ1) is 11.7. The molecule has 0 radical (unpaired) electrons. The van der Waals surface area contributed by atoms with Crippen LogP contribution in [-0.4, -0.2) is 25.9 Å². The first-order chi connectivity index (χ1) is 8.06. The number of hydrogen-bond acceptors (Lipinski definition) is 3. The molecule has 0 fully saturated rings. The largest absolute Gasteiger partial charge is 0.355 e. The van der Waals surface area contributed by atoms with E-state index in [0.29, 0.717) is 5.92 Å². The van der Waals surface area contributed by atoms with Gasteiger partial charge in [0, 0.05) is 26.0 Å². The number of nitrogens with zero attached hydrogens (tertiary/aromatic N) is 4. The van der Waals surface area contributed by atoms with Crippen molar-refractivity contribution < 1.29 is 0 Å². The summed E-state index contributed by atoms with van der Waals surface area (Å²) in [7, 11) is 1.91. The molecule has 0 saturated heterocycles. The summed E-state index contributed by atoms with van der Waals surface area (Å²) in [6.45, 7) is 7.26. The van der Waals surface area contributed by atoms with Gasteiger partial charge in [-0.1, -0.05) is 13.8 Å². The highest BCUT2D eigenvalue weighted by Crippen LogP contribution is 2.16. The van der Waals surface area contributed by atoms with Gasteiger partial charge in [0.1, 0.15) is 0 Å². The Morgan fingerprint density at radius 2 is 2.12 bits per heavy atom. The molecule has 2 aromatic heterocycles. The molecule has 0 aliphatic heterocycles. The van der Waals surface area contributed by atoms with E-state index in [1.54, 1.807) is 4.68 Å². The van der Waals surface area contributed by atoms with Gasteiger partial charge in [0.25, 0.3) is 0 Å². The lowest BCUT2D eigenvalue weighted by atomic mass is 10.2. The number of rotatable bonds is 4. The number of hydrogen-bond donors (Lipinski definition) is 1. The Bertz CT molecular complexity index is 495. The fourth-order valence-corrected chi connectivity index (χ4v) is 1.65. The van der Waals surface area contributed by atoms with Gasteiger partial charge < -0.3 is 5.32 Å². The number of aryl methyl sites for hydroxylation is 2. The summed E-state index contributed by atoms with van der Waals surface area (Å²) < 4.78 is 3.82. The van der Waals surface area contributed by atoms with E-state index in [1.165, 1.54) is 0 Å². The highest BCUT2D eigenvalue weighted by molar-refractivity contribution is 5.40. The Labute approximate surface area is 101 Å². The van der Waals surface area contributed by atoms with E-state index in [2.05, 4.69) is 29.2 Å². The predicted molar refractivity (Wildman–Crippen MR) is 68.4 cm³/mol. The Kier molecular flexibility index (Phi) is 3.17. The molecule has 0 spiro atoms. The summed E-state index contributed by atoms with van der Waals surface area (Å²) in [6, 6.07) is 0. The molecule has 92 valence electrons. The van der Waals surface area contributed by atoms with Crippen LogP contribution in [0.5, 0.6) is 0 Å². The Morgan fingerprint density at radius 3 is 2.71 bits per heavy atom. The molecule has 0 amide bonds. The van der Waals surface area contributed by atoms with Gasteiger partial charge in [0.15, 0.2) is 0 Å². The van der Waals surface area contributed by atoms with Crippen molar-refractivity contribution in [1.29, 1.82) is 0 Å². The minimum absolute atomic E-state index is 0.592. The van der Waals surface area contributed by atoms with Gasteiger partial charge in [-0.3, -0.25) is 9.25 Å². The SMILES string of the molecule is Cc1cn(-c2cnn(C)c2)c(NCC(C)C)n1. The van der Waals surface area contributed by atoms with Crippen molar-refractivity contribution in [3.8, 4) is 5.69 Å². The summed E-state index contributed by atoms with van der Waals surface area (Å²) in [5.41, 5.74) is 2.03. The summed E-state index contributed by atoms with van der Waals surface area (Å²) in [5.74, 6) is 1.47. The van der Waals surface area contributed by atoms with Crippen LogP contribution in [0.15, 0.2) is 18.6 Å². The third-order valence-electron chi connectivity index (χ3n) is 2.46. The van der Waals surface area contributed by atoms with Crippen molar-refractivity contribution in [2.24, 2.45) is 13.0 Å². The molecule has 0 aromatic carbocycles. The zero-order valence-corrected chi connectivity index (χ0v) is 10.8. The Morgan fingerprint density at radius 1 is 1.35 bits per heavy atom. The standard InChI is InChI=1S/C12H19N5/c1-9(2)5-13-12-15-10(3)7-17(12)11-6-14-16(4)8-11/h6-9H,5H2,1-4H3,(H,13,15). The molecule has 2 rings (SSSR count). The van der Waals surface area contributed by atoms with Gasteiger partial charge in [0.05, 0.1) is 17.6 Å². The van der Waals surface area contributed by atoms with E-state index >= 15 is 0 Å². The highest BCUT2D eigenvalue weighted by Gasteiger charge is 2.08. The average molecular weight is 233 g/mol. The lowest BCUT2D eigenvalue weighted by molar-refractivity contribution is 0.683. The van der Waals surface area contributed by atoms with Crippen LogP contribution in [0.25, 0.3) is 5.69 Å². The molecule has 0 unspecified atom stereocenters. The van der Waals surface area contributed by atoms with Crippen molar-refractivity contribution >= 4 is 5.95 Å². The van der Waals surface area contributed by atoms with Crippen molar-refractivity contribution in [2.75, 3.05) is 11.9 Å². The molecular weight excluding hydrogens is 214 g/mol. The minimum Gasteiger partial charge on any atom is -0.355 e. The van der Waals surface area contributed by atoms with Crippen molar-refractivity contribution in [3.63, 3.8) is 0 Å². The monoisotopic (exact) mass is 233 g/mol. The van der Waals surface area contributed by atoms with Gasteiger partial charge >= 0.3 is 0 Å². The number of imidazole rings is 1. The summed E-state index contributed by atoms with van der Waals surface area (Å²) >= 11 is 0. The van der Waals surface area contributed by atoms with Gasteiger partial charge in [-0.05, 0) is 12.8 Å². The molecular formula is C12H19N5. The normalized spacial score (nSPS) is 11.1. The third kappa shape index (κ3) is 2.67. The molecule has 5 nitrogen and oxygen atoms in total. The maximum Gasteiger partial charge on any atom is 0.207 e. The van der Waals surface area contributed by atoms with E-state index in [-0.39, 0.29) is 0 Å². The summed E-state index contributed by atoms with van der Waals surface area (Å²) in [4.78, 5) is 4.48. The molecule has 1 N–H and O–H groups in total. The van der Waals surface area contributed by atoms with Crippen LogP contribution < -0.4 is 5.32 Å². The Balaban J connectivity index is 2.27.